The molecule has 0 saturated heterocycles. The van der Waals surface area contributed by atoms with E-state index in [4.69, 9.17) is 5.84 Å². The van der Waals surface area contributed by atoms with E-state index in [2.05, 4.69) is 17.3 Å². The smallest absolute Gasteiger partial charge is 0.129 e. The first-order chi connectivity index (χ1) is 7.69. The van der Waals surface area contributed by atoms with E-state index in [1.807, 2.05) is 0 Å². The molecule has 3 N–H and O–H groups in total. The molecule has 0 saturated carbocycles. The van der Waals surface area contributed by atoms with E-state index in [1.165, 1.54) is 18.2 Å². The number of nitrogens with one attached hydrogen (secondary N) is 1. The summed E-state index contributed by atoms with van der Waals surface area (Å²) >= 11 is 0. The van der Waals surface area contributed by atoms with E-state index in [1.54, 1.807) is 6.92 Å². The van der Waals surface area contributed by atoms with Crippen LogP contribution in [0.25, 0.3) is 0 Å². The van der Waals surface area contributed by atoms with Crippen molar-refractivity contribution in [2.45, 2.75) is 25.8 Å². The van der Waals surface area contributed by atoms with E-state index in [0.29, 0.717) is 6.42 Å². The van der Waals surface area contributed by atoms with Crippen LogP contribution in [-0.2, 0) is 6.42 Å². The van der Waals surface area contributed by atoms with E-state index in [9.17, 15) is 8.78 Å². The Hall–Kier alpha value is -1.44. The van der Waals surface area contributed by atoms with Crippen molar-refractivity contribution in [3.63, 3.8) is 0 Å². The molecule has 86 valence electrons. The molecule has 0 amide bonds. The van der Waals surface area contributed by atoms with Crippen molar-refractivity contribution in [1.82, 2.24) is 5.43 Å². The standard InChI is InChI=1S/C12H14F2N2/c1-2-3-5-9(16-15)8-10-11(13)6-4-7-12(10)14/h4,6-7,9,16H,5,8,15H2,1H3. The van der Waals surface area contributed by atoms with Crippen LogP contribution in [0.2, 0.25) is 0 Å². The van der Waals surface area contributed by atoms with Crippen LogP contribution in [0, 0.1) is 23.5 Å². The lowest BCUT2D eigenvalue weighted by Gasteiger charge is -2.13. The Kier molecular flexibility index (Phi) is 4.90. The van der Waals surface area contributed by atoms with Gasteiger partial charge in [0.05, 0.1) is 0 Å². The largest absolute Gasteiger partial charge is 0.271 e. The molecule has 1 atom stereocenters. The minimum Gasteiger partial charge on any atom is -0.271 e. The van der Waals surface area contributed by atoms with Gasteiger partial charge in [0.1, 0.15) is 11.6 Å². The third kappa shape index (κ3) is 3.30. The van der Waals surface area contributed by atoms with E-state index < -0.39 is 11.6 Å². The number of hydrogen-bond donors (Lipinski definition) is 2. The molecule has 0 aliphatic rings. The second kappa shape index (κ2) is 6.21. The normalized spacial score (nSPS) is 11.8. The molecule has 1 rings (SSSR count). The fourth-order valence-corrected chi connectivity index (χ4v) is 1.39. The summed E-state index contributed by atoms with van der Waals surface area (Å²) in [6.07, 6.45) is 0.643. The van der Waals surface area contributed by atoms with Gasteiger partial charge in [-0.1, -0.05) is 6.07 Å². The van der Waals surface area contributed by atoms with Gasteiger partial charge in [0, 0.05) is 18.0 Å². The maximum Gasteiger partial charge on any atom is 0.129 e. The zero-order chi connectivity index (χ0) is 12.0. The molecule has 0 heterocycles. The first-order valence-corrected chi connectivity index (χ1v) is 4.97. The molecule has 0 aliphatic carbocycles. The highest BCUT2D eigenvalue weighted by molar-refractivity contribution is 5.21. The van der Waals surface area contributed by atoms with Crippen LogP contribution in [0.15, 0.2) is 18.2 Å². The van der Waals surface area contributed by atoms with Crippen molar-refractivity contribution in [1.29, 1.82) is 0 Å². The number of hydrogen-bond acceptors (Lipinski definition) is 2. The molecule has 0 aromatic heterocycles. The van der Waals surface area contributed by atoms with Crippen molar-refractivity contribution in [3.05, 3.63) is 35.4 Å². The first kappa shape index (κ1) is 12.6. The molecular formula is C12H14F2N2. The molecule has 0 fully saturated rings. The lowest BCUT2D eigenvalue weighted by Crippen LogP contribution is -2.36. The predicted molar refractivity (Wildman–Crippen MR) is 59.2 cm³/mol. The Morgan fingerprint density at radius 2 is 2.00 bits per heavy atom. The van der Waals surface area contributed by atoms with Crippen molar-refractivity contribution in [3.8, 4) is 11.8 Å². The average molecular weight is 224 g/mol. The Morgan fingerprint density at radius 3 is 2.50 bits per heavy atom. The van der Waals surface area contributed by atoms with Gasteiger partial charge in [-0.2, -0.15) is 0 Å². The fourth-order valence-electron chi connectivity index (χ4n) is 1.39. The van der Waals surface area contributed by atoms with Crippen LogP contribution >= 0.6 is 0 Å². The average Bonchev–Trinajstić information content (AvgIpc) is 2.28. The summed E-state index contributed by atoms with van der Waals surface area (Å²) in [5, 5.41) is 0. The number of benzene rings is 1. The molecule has 0 aliphatic heterocycles. The SMILES string of the molecule is CC#CCC(Cc1c(F)cccc1F)NN. The van der Waals surface area contributed by atoms with Crippen LogP contribution in [0.5, 0.6) is 0 Å². The van der Waals surface area contributed by atoms with Crippen molar-refractivity contribution >= 4 is 0 Å². The van der Waals surface area contributed by atoms with Crippen molar-refractivity contribution < 1.29 is 8.78 Å². The molecule has 2 nitrogen and oxygen atoms in total. The molecule has 4 heteroatoms. The molecule has 0 bridgehead atoms. The third-order valence-corrected chi connectivity index (χ3v) is 2.27. The van der Waals surface area contributed by atoms with Gasteiger partial charge in [-0.15, -0.1) is 11.8 Å². The first-order valence-electron chi connectivity index (χ1n) is 4.97. The molecule has 1 unspecified atom stereocenters. The number of hydrazine groups is 1. The van der Waals surface area contributed by atoms with Crippen LogP contribution in [0.4, 0.5) is 8.78 Å². The number of halogens is 2. The molecule has 1 aromatic carbocycles. The van der Waals surface area contributed by atoms with Crippen molar-refractivity contribution in [2.75, 3.05) is 0 Å². The molecular weight excluding hydrogens is 210 g/mol. The number of nitrogens with two attached hydrogens (primary N) is 1. The summed E-state index contributed by atoms with van der Waals surface area (Å²) in [6, 6.07) is 3.55. The Labute approximate surface area is 93.8 Å². The lowest BCUT2D eigenvalue weighted by atomic mass is 10.0. The predicted octanol–water partition coefficient (Wildman–Crippen LogP) is 1.75. The minimum atomic E-state index is -0.551. The quantitative estimate of drug-likeness (QED) is 0.464. The monoisotopic (exact) mass is 224 g/mol. The Bertz CT molecular complexity index is 387. The van der Waals surface area contributed by atoms with Gasteiger partial charge < -0.3 is 0 Å². The van der Waals surface area contributed by atoms with Crippen LogP contribution in [-0.4, -0.2) is 6.04 Å². The topological polar surface area (TPSA) is 38.0 Å². The molecule has 1 aromatic rings. The molecule has 0 spiro atoms. The van der Waals surface area contributed by atoms with E-state index >= 15 is 0 Å². The summed E-state index contributed by atoms with van der Waals surface area (Å²) in [5.41, 5.74) is 2.55. The van der Waals surface area contributed by atoms with Gasteiger partial charge in [-0.3, -0.25) is 11.3 Å². The summed E-state index contributed by atoms with van der Waals surface area (Å²) in [6.45, 7) is 1.71. The van der Waals surface area contributed by atoms with Gasteiger partial charge in [-0.25, -0.2) is 8.78 Å². The highest BCUT2D eigenvalue weighted by Gasteiger charge is 2.13. The maximum atomic E-state index is 13.3. The maximum absolute atomic E-state index is 13.3. The van der Waals surface area contributed by atoms with Gasteiger partial charge >= 0.3 is 0 Å². The van der Waals surface area contributed by atoms with E-state index in [-0.39, 0.29) is 18.0 Å². The van der Waals surface area contributed by atoms with Gasteiger partial charge in [0.2, 0.25) is 0 Å². The second-order valence-corrected chi connectivity index (χ2v) is 3.40. The third-order valence-electron chi connectivity index (χ3n) is 2.27. The highest BCUT2D eigenvalue weighted by Crippen LogP contribution is 2.14. The minimum absolute atomic E-state index is 0.0448. The fraction of sp³-hybridized carbons (Fsp3) is 0.333. The van der Waals surface area contributed by atoms with Crippen LogP contribution in [0.3, 0.4) is 0 Å². The molecule has 16 heavy (non-hydrogen) atoms. The second-order valence-electron chi connectivity index (χ2n) is 3.40. The van der Waals surface area contributed by atoms with Gasteiger partial charge in [0.25, 0.3) is 0 Å². The van der Waals surface area contributed by atoms with Crippen LogP contribution < -0.4 is 11.3 Å². The highest BCUT2D eigenvalue weighted by atomic mass is 19.1. The lowest BCUT2D eigenvalue weighted by molar-refractivity contribution is 0.492. The summed E-state index contributed by atoms with van der Waals surface area (Å²) in [7, 11) is 0. The Balaban J connectivity index is 2.80. The van der Waals surface area contributed by atoms with E-state index in [0.717, 1.165) is 0 Å². The zero-order valence-corrected chi connectivity index (χ0v) is 9.06. The summed E-state index contributed by atoms with van der Waals surface area (Å²) in [4.78, 5) is 0. The van der Waals surface area contributed by atoms with Crippen molar-refractivity contribution in [2.24, 2.45) is 5.84 Å². The van der Waals surface area contributed by atoms with Crippen LogP contribution in [0.1, 0.15) is 18.9 Å². The van der Waals surface area contributed by atoms with Gasteiger partial charge in [-0.05, 0) is 25.5 Å². The molecule has 0 radical (unpaired) electrons. The zero-order valence-electron chi connectivity index (χ0n) is 9.06. The summed E-state index contributed by atoms with van der Waals surface area (Å²) < 4.78 is 26.6. The number of rotatable bonds is 4. The van der Waals surface area contributed by atoms with Gasteiger partial charge in [0.15, 0.2) is 0 Å². The Morgan fingerprint density at radius 1 is 1.38 bits per heavy atom. The summed E-state index contributed by atoms with van der Waals surface area (Å²) in [5.74, 6) is 9.73.